The summed E-state index contributed by atoms with van der Waals surface area (Å²) < 4.78 is 13.3. The number of halogens is 1. The third-order valence-corrected chi connectivity index (χ3v) is 4.91. The van der Waals surface area contributed by atoms with Crippen molar-refractivity contribution in [2.45, 2.75) is 25.3 Å². The third kappa shape index (κ3) is 3.46. The Labute approximate surface area is 142 Å². The minimum absolute atomic E-state index is 0.0816. The average molecular weight is 348 g/mol. The Bertz CT molecular complexity index is 735. The van der Waals surface area contributed by atoms with Gasteiger partial charge in [0.25, 0.3) is 0 Å². The molecule has 1 saturated heterocycles. The lowest BCUT2D eigenvalue weighted by Gasteiger charge is -2.38. The van der Waals surface area contributed by atoms with E-state index in [2.05, 4.69) is 4.98 Å². The number of carbonyl (C=O) groups is 2. The predicted octanol–water partition coefficient (Wildman–Crippen LogP) is 2.89. The lowest BCUT2D eigenvalue weighted by atomic mass is 9.86. The number of carbonyl (C=O) groups excluding carboxylic acids is 1. The van der Waals surface area contributed by atoms with E-state index in [1.165, 1.54) is 23.5 Å². The van der Waals surface area contributed by atoms with Crippen molar-refractivity contribution in [1.29, 1.82) is 0 Å². The minimum Gasteiger partial charge on any atom is -0.481 e. The standard InChI is InChI=1S/C17H17FN2O3S/c18-12-3-1-2-11(8-12)6-7-20-15(21)5-4-13(17(22)23)16(20)14-9-24-10-19-14/h1-3,8-10,13,16H,4-7H2,(H,22,23)/t13-,16-/m1/s1. The minimum atomic E-state index is -0.920. The van der Waals surface area contributed by atoms with Crippen LogP contribution in [0.5, 0.6) is 0 Å². The number of thiazole rings is 1. The second kappa shape index (κ2) is 7.09. The Balaban J connectivity index is 1.84. The van der Waals surface area contributed by atoms with E-state index in [-0.39, 0.29) is 18.1 Å². The zero-order valence-corrected chi connectivity index (χ0v) is 13.7. The fraction of sp³-hybridized carbons (Fsp3) is 0.353. The molecular formula is C17H17FN2O3S. The fourth-order valence-electron chi connectivity index (χ4n) is 3.15. The molecule has 5 nitrogen and oxygen atoms in total. The number of piperidine rings is 1. The molecule has 2 atom stereocenters. The summed E-state index contributed by atoms with van der Waals surface area (Å²) in [5.41, 5.74) is 3.02. The van der Waals surface area contributed by atoms with Crippen molar-refractivity contribution in [2.75, 3.05) is 6.54 Å². The van der Waals surface area contributed by atoms with Crippen LogP contribution < -0.4 is 0 Å². The lowest BCUT2D eigenvalue weighted by molar-refractivity contribution is -0.152. The fourth-order valence-corrected chi connectivity index (χ4v) is 3.73. The van der Waals surface area contributed by atoms with E-state index < -0.39 is 17.9 Å². The number of benzene rings is 1. The highest BCUT2D eigenvalue weighted by molar-refractivity contribution is 7.07. The second-order valence-electron chi connectivity index (χ2n) is 5.81. The number of carboxylic acid groups (broad SMARTS) is 1. The monoisotopic (exact) mass is 348 g/mol. The number of carboxylic acids is 1. The number of aliphatic carboxylic acids is 1. The smallest absolute Gasteiger partial charge is 0.309 e. The van der Waals surface area contributed by atoms with Gasteiger partial charge in [0.05, 0.1) is 23.2 Å². The van der Waals surface area contributed by atoms with Gasteiger partial charge in [-0.15, -0.1) is 11.3 Å². The van der Waals surface area contributed by atoms with Crippen LogP contribution in [0.2, 0.25) is 0 Å². The van der Waals surface area contributed by atoms with Gasteiger partial charge in [-0.05, 0) is 30.5 Å². The topological polar surface area (TPSA) is 70.5 Å². The molecule has 0 radical (unpaired) electrons. The zero-order valence-electron chi connectivity index (χ0n) is 12.9. The molecule has 126 valence electrons. The second-order valence-corrected chi connectivity index (χ2v) is 6.53. The van der Waals surface area contributed by atoms with Gasteiger partial charge >= 0.3 is 5.97 Å². The molecule has 1 aliphatic heterocycles. The van der Waals surface area contributed by atoms with Crippen LogP contribution >= 0.6 is 11.3 Å². The third-order valence-electron chi connectivity index (χ3n) is 4.31. The molecule has 2 heterocycles. The van der Waals surface area contributed by atoms with Gasteiger partial charge in [-0.25, -0.2) is 9.37 Å². The normalized spacial score (nSPS) is 21.0. The summed E-state index contributed by atoms with van der Waals surface area (Å²) in [7, 11) is 0. The van der Waals surface area contributed by atoms with E-state index >= 15 is 0 Å². The van der Waals surface area contributed by atoms with E-state index in [0.29, 0.717) is 25.1 Å². The predicted molar refractivity (Wildman–Crippen MR) is 87.0 cm³/mol. The molecule has 1 aromatic carbocycles. The van der Waals surface area contributed by atoms with Crippen molar-refractivity contribution < 1.29 is 19.1 Å². The molecule has 0 spiro atoms. The maximum atomic E-state index is 13.3. The number of amides is 1. The van der Waals surface area contributed by atoms with Gasteiger partial charge in [0, 0.05) is 18.3 Å². The van der Waals surface area contributed by atoms with Crippen LogP contribution in [-0.4, -0.2) is 33.4 Å². The van der Waals surface area contributed by atoms with E-state index in [9.17, 15) is 19.1 Å². The van der Waals surface area contributed by atoms with Gasteiger partial charge in [0.15, 0.2) is 0 Å². The van der Waals surface area contributed by atoms with Crippen molar-refractivity contribution in [1.82, 2.24) is 9.88 Å². The molecule has 1 fully saturated rings. The summed E-state index contributed by atoms with van der Waals surface area (Å²) in [6, 6.07) is 5.66. The highest BCUT2D eigenvalue weighted by Crippen LogP contribution is 2.36. The van der Waals surface area contributed by atoms with E-state index in [4.69, 9.17) is 0 Å². The van der Waals surface area contributed by atoms with Crippen LogP contribution in [-0.2, 0) is 16.0 Å². The van der Waals surface area contributed by atoms with Crippen LogP contribution in [0.15, 0.2) is 35.2 Å². The lowest BCUT2D eigenvalue weighted by Crippen LogP contribution is -2.46. The van der Waals surface area contributed by atoms with E-state index in [1.807, 2.05) is 0 Å². The highest BCUT2D eigenvalue weighted by Gasteiger charge is 2.41. The summed E-state index contributed by atoms with van der Waals surface area (Å²) in [5, 5.41) is 11.3. The molecule has 1 aromatic heterocycles. The molecule has 2 aromatic rings. The Kier molecular flexibility index (Phi) is 4.89. The van der Waals surface area contributed by atoms with Crippen molar-refractivity contribution in [3.05, 3.63) is 52.2 Å². The molecule has 1 amide bonds. The van der Waals surface area contributed by atoms with Crippen LogP contribution in [0, 0.1) is 11.7 Å². The first kappa shape index (κ1) is 16.6. The maximum Gasteiger partial charge on any atom is 0.309 e. The molecule has 0 saturated carbocycles. The first-order valence-corrected chi connectivity index (χ1v) is 8.65. The first-order chi connectivity index (χ1) is 11.6. The molecule has 24 heavy (non-hydrogen) atoms. The Hall–Kier alpha value is -2.28. The molecule has 0 aliphatic carbocycles. The van der Waals surface area contributed by atoms with Crippen LogP contribution in [0.1, 0.15) is 30.1 Å². The summed E-state index contributed by atoms with van der Waals surface area (Å²) >= 11 is 1.38. The summed E-state index contributed by atoms with van der Waals surface area (Å²) in [5.74, 6) is -1.99. The maximum absolute atomic E-state index is 13.3. The van der Waals surface area contributed by atoms with E-state index in [0.717, 1.165) is 5.56 Å². The number of aromatic nitrogens is 1. The van der Waals surface area contributed by atoms with Gasteiger partial charge in [0.2, 0.25) is 5.91 Å². The van der Waals surface area contributed by atoms with Crippen LogP contribution in [0.25, 0.3) is 0 Å². The van der Waals surface area contributed by atoms with Crippen molar-refractivity contribution in [3.8, 4) is 0 Å². The number of nitrogens with zero attached hydrogens (tertiary/aromatic N) is 2. The van der Waals surface area contributed by atoms with Gasteiger partial charge in [0.1, 0.15) is 5.82 Å². The molecule has 1 aliphatic rings. The number of likely N-dealkylation sites (tertiary alicyclic amines) is 1. The SMILES string of the molecule is O=C(O)[C@@H]1CCC(=O)N(CCc2cccc(F)c2)[C@H]1c1cscn1. The van der Waals surface area contributed by atoms with Crippen LogP contribution in [0.4, 0.5) is 4.39 Å². The molecule has 0 unspecified atom stereocenters. The first-order valence-electron chi connectivity index (χ1n) is 7.71. The molecule has 1 N–H and O–H groups in total. The van der Waals surface area contributed by atoms with E-state index in [1.54, 1.807) is 27.9 Å². The quantitative estimate of drug-likeness (QED) is 0.902. The van der Waals surface area contributed by atoms with Crippen LogP contribution in [0.3, 0.4) is 0 Å². The van der Waals surface area contributed by atoms with Gasteiger partial charge < -0.3 is 10.0 Å². The van der Waals surface area contributed by atoms with Crippen molar-refractivity contribution in [2.24, 2.45) is 5.92 Å². The number of hydrogen-bond donors (Lipinski definition) is 1. The average Bonchev–Trinajstić information content (AvgIpc) is 3.07. The summed E-state index contributed by atoms with van der Waals surface area (Å²) in [6.45, 7) is 0.342. The summed E-state index contributed by atoms with van der Waals surface area (Å²) in [4.78, 5) is 29.8. The molecular weight excluding hydrogens is 331 g/mol. The largest absolute Gasteiger partial charge is 0.481 e. The molecule has 0 bridgehead atoms. The van der Waals surface area contributed by atoms with Gasteiger partial charge in [-0.1, -0.05) is 12.1 Å². The Morgan fingerprint density at radius 1 is 1.46 bits per heavy atom. The molecule has 3 rings (SSSR count). The zero-order chi connectivity index (χ0) is 17.1. The highest BCUT2D eigenvalue weighted by atomic mass is 32.1. The number of hydrogen-bond acceptors (Lipinski definition) is 4. The Morgan fingerprint density at radius 2 is 2.29 bits per heavy atom. The van der Waals surface area contributed by atoms with Gasteiger partial charge in [-0.3, -0.25) is 9.59 Å². The number of rotatable bonds is 5. The van der Waals surface area contributed by atoms with Crippen molar-refractivity contribution >= 4 is 23.2 Å². The summed E-state index contributed by atoms with van der Waals surface area (Å²) in [6.07, 6.45) is 0.990. The molecule has 7 heteroatoms. The van der Waals surface area contributed by atoms with Crippen molar-refractivity contribution in [3.63, 3.8) is 0 Å². The Morgan fingerprint density at radius 3 is 2.96 bits per heavy atom. The van der Waals surface area contributed by atoms with Gasteiger partial charge in [-0.2, -0.15) is 0 Å².